The van der Waals surface area contributed by atoms with Crippen LogP contribution in [0.2, 0.25) is 0 Å². The Morgan fingerprint density at radius 2 is 1.12 bits per heavy atom. The number of nitrogens with two attached hydrogens (primary N) is 2. The van der Waals surface area contributed by atoms with Gasteiger partial charge < -0.3 is 32.5 Å². The summed E-state index contributed by atoms with van der Waals surface area (Å²) in [5.74, 6) is -8.22. The second-order valence-electron chi connectivity index (χ2n) is 16.4. The second-order valence-corrected chi connectivity index (χ2v) is 16.4. The van der Waals surface area contributed by atoms with Crippen LogP contribution in [0.25, 0.3) is 11.1 Å². The first-order valence-electron chi connectivity index (χ1n) is 20.6. The van der Waals surface area contributed by atoms with Crippen LogP contribution in [0.4, 0.5) is 52.7 Å². The Hall–Kier alpha value is -6.18. The molecule has 0 spiro atoms. The van der Waals surface area contributed by atoms with E-state index < -0.39 is 145 Å². The minimum absolute atomic E-state index is 0.00629. The van der Waals surface area contributed by atoms with E-state index in [1.165, 1.54) is 38.1 Å². The Labute approximate surface area is 388 Å². The standard InChI is InChI=1S/C43H53F12N9O5/c1-7-32(66)61-34(40(3,4)42(50,51)52)36(68)60-30(13-22-9-11-23(12-10-22)25(16-56)18-58-38(46)47)31(65)21-64(63-37(69)35(62-33(67)8-2)41(5,6)43(53,54)55)20-27-28(44)14-24(15-29(27)45)26(17-57)19-59-39(48)49/h9-12,14-19,30-31,34-35,38-39,65H,7-8,13,20-21,56-57H2,1-6H3,(H,60,68)(H,61,66)(H,62,67)(H,63,69)/t30-,31-,34?,35+/m0/s1. The van der Waals surface area contributed by atoms with Crippen LogP contribution >= 0.6 is 0 Å². The molecule has 0 bridgehead atoms. The van der Waals surface area contributed by atoms with Crippen molar-refractivity contribution in [3.63, 3.8) is 0 Å². The number of hydrogen-bond acceptors (Lipinski definition) is 10. The van der Waals surface area contributed by atoms with E-state index in [0.717, 1.165) is 12.4 Å². The molecule has 9 N–H and O–H groups in total. The van der Waals surface area contributed by atoms with Gasteiger partial charge in [-0.25, -0.2) is 23.8 Å². The molecule has 0 aliphatic heterocycles. The molecule has 0 heterocycles. The molecule has 2 aromatic carbocycles. The highest BCUT2D eigenvalue weighted by Gasteiger charge is 2.57. The molecule has 26 heteroatoms. The molecule has 1 unspecified atom stereocenters. The zero-order chi connectivity index (χ0) is 52.8. The van der Waals surface area contributed by atoms with Crippen LogP contribution in [0.1, 0.15) is 76.6 Å². The summed E-state index contributed by atoms with van der Waals surface area (Å²) in [6, 6.07) is -0.273. The van der Waals surface area contributed by atoms with Crippen molar-refractivity contribution in [2.45, 2.75) is 117 Å². The van der Waals surface area contributed by atoms with Crippen molar-refractivity contribution >= 4 is 47.2 Å². The van der Waals surface area contributed by atoms with Gasteiger partial charge in [-0.05, 0) is 62.9 Å². The summed E-state index contributed by atoms with van der Waals surface area (Å²) in [5.41, 5.74) is 5.44. The molecule has 0 aromatic heterocycles. The van der Waals surface area contributed by atoms with Gasteiger partial charge in [-0.15, -0.1) is 0 Å². The number of aliphatic hydroxyl groups is 1. The number of aliphatic imine (C=N–C) groups is 2. The number of nitrogens with one attached hydrogen (secondary N) is 4. The van der Waals surface area contributed by atoms with E-state index in [2.05, 4.69) is 15.3 Å². The molecule has 14 nitrogen and oxygen atoms in total. The molecule has 384 valence electrons. The summed E-state index contributed by atoms with van der Waals surface area (Å²) in [4.78, 5) is 58.5. The average molecular weight is 1000 g/mol. The predicted octanol–water partition coefficient (Wildman–Crippen LogP) is 6.04. The summed E-state index contributed by atoms with van der Waals surface area (Å²) in [6.07, 6.45) is -11.1. The number of carbonyl (C=O) groups excluding carboxylic acids is 4. The first-order valence-corrected chi connectivity index (χ1v) is 20.6. The molecule has 0 radical (unpaired) electrons. The first-order chi connectivity index (χ1) is 31.8. The summed E-state index contributed by atoms with van der Waals surface area (Å²) in [7, 11) is 0. The van der Waals surface area contributed by atoms with Crippen molar-refractivity contribution in [3.05, 3.63) is 82.7 Å². The quantitative estimate of drug-likeness (QED) is 0.0301. The van der Waals surface area contributed by atoms with E-state index in [0.29, 0.717) is 57.3 Å². The van der Waals surface area contributed by atoms with Gasteiger partial charge >= 0.3 is 25.5 Å². The van der Waals surface area contributed by atoms with Gasteiger partial charge in [0, 0.05) is 67.5 Å². The number of amides is 4. The summed E-state index contributed by atoms with van der Waals surface area (Å²) >= 11 is 0. The Bertz CT molecular complexity index is 2190. The Morgan fingerprint density at radius 1 is 0.696 bits per heavy atom. The minimum Gasteiger partial charge on any atom is -0.404 e. The summed E-state index contributed by atoms with van der Waals surface area (Å²) in [6.45, 7) is -3.88. The second kappa shape index (κ2) is 24.9. The van der Waals surface area contributed by atoms with Crippen molar-refractivity contribution in [3.8, 4) is 0 Å². The molecular weight excluding hydrogens is 951 g/mol. The molecule has 69 heavy (non-hydrogen) atoms. The van der Waals surface area contributed by atoms with Gasteiger partial charge in [0.25, 0.3) is 5.91 Å². The molecule has 4 atom stereocenters. The molecule has 0 fully saturated rings. The zero-order valence-electron chi connectivity index (χ0n) is 37.9. The fourth-order valence-electron chi connectivity index (χ4n) is 6.17. The third-order valence-electron chi connectivity index (χ3n) is 10.7. The topological polar surface area (TPSA) is 217 Å². The lowest BCUT2D eigenvalue weighted by molar-refractivity contribution is -0.222. The van der Waals surface area contributed by atoms with E-state index in [1.54, 1.807) is 0 Å². The van der Waals surface area contributed by atoms with Crippen LogP contribution in [-0.4, -0.2) is 102 Å². The monoisotopic (exact) mass is 1000 g/mol. The van der Waals surface area contributed by atoms with Gasteiger partial charge in [-0.1, -0.05) is 38.1 Å². The van der Waals surface area contributed by atoms with Crippen LogP contribution in [0.15, 0.2) is 58.8 Å². The Balaban J connectivity index is 2.88. The fourth-order valence-corrected chi connectivity index (χ4v) is 6.17. The number of nitrogens with zero attached hydrogens (tertiary/aromatic N) is 3. The third kappa shape index (κ3) is 16.5. The van der Waals surface area contributed by atoms with E-state index in [9.17, 15) is 68.2 Å². The molecular formula is C43H53F12N9O5. The van der Waals surface area contributed by atoms with Gasteiger partial charge in [-0.2, -0.15) is 43.9 Å². The van der Waals surface area contributed by atoms with Crippen LogP contribution in [0.5, 0.6) is 0 Å². The highest BCUT2D eigenvalue weighted by atomic mass is 19.4. The highest BCUT2D eigenvalue weighted by molar-refractivity contribution is 6.10. The molecule has 0 aliphatic carbocycles. The van der Waals surface area contributed by atoms with Gasteiger partial charge in [0.15, 0.2) is 0 Å². The maximum atomic E-state index is 15.9. The van der Waals surface area contributed by atoms with Crippen molar-refractivity contribution in [1.82, 2.24) is 26.4 Å². The van der Waals surface area contributed by atoms with Gasteiger partial charge in [0.2, 0.25) is 17.7 Å². The highest BCUT2D eigenvalue weighted by Crippen LogP contribution is 2.42. The largest absolute Gasteiger partial charge is 0.404 e. The fraction of sp³-hybridized carbons (Fsp3) is 0.488. The zero-order valence-corrected chi connectivity index (χ0v) is 37.9. The molecule has 2 aromatic rings. The number of halogens is 12. The van der Waals surface area contributed by atoms with E-state index in [-0.39, 0.29) is 16.7 Å². The smallest absolute Gasteiger partial charge is 0.396 e. The number of aliphatic hydroxyl groups excluding tert-OH is 1. The first kappa shape index (κ1) is 58.9. The lowest BCUT2D eigenvalue weighted by Crippen LogP contribution is -2.63. The SMILES string of the molecule is CCC(=O)NC(C(=O)N[C@@H](Cc1ccc(C(C=NC(F)F)=CN)cc1)[C@@H](O)CN(Cc1c(F)cc(C(C=NC(F)F)=CN)cc1F)NC(=O)[C@@H](NC(=O)CC)C(C)(C)C(F)(F)F)C(C)(C)C(F)(F)F. The van der Waals surface area contributed by atoms with Gasteiger partial charge in [-0.3, -0.25) is 24.6 Å². The lowest BCUT2D eigenvalue weighted by Gasteiger charge is -2.38. The maximum absolute atomic E-state index is 15.9. The van der Waals surface area contributed by atoms with Crippen molar-refractivity contribution < 1.29 is 77.0 Å². The maximum Gasteiger partial charge on any atom is 0.396 e. The number of carbonyl (C=O) groups is 4. The van der Waals surface area contributed by atoms with Crippen LogP contribution in [0, 0.1) is 22.5 Å². The molecule has 2 rings (SSSR count). The predicted molar refractivity (Wildman–Crippen MR) is 230 cm³/mol. The van der Waals surface area contributed by atoms with Crippen LogP contribution < -0.4 is 32.8 Å². The van der Waals surface area contributed by atoms with Crippen molar-refractivity contribution in [1.29, 1.82) is 0 Å². The van der Waals surface area contributed by atoms with Gasteiger partial charge in [0.1, 0.15) is 23.7 Å². The Morgan fingerprint density at radius 3 is 1.51 bits per heavy atom. The average Bonchev–Trinajstić information content (AvgIpc) is 3.24. The summed E-state index contributed by atoms with van der Waals surface area (Å²) < 4.78 is 169. The summed E-state index contributed by atoms with van der Waals surface area (Å²) in [5, 5.41) is 18.5. The number of hydrazine groups is 1. The lowest BCUT2D eigenvalue weighted by atomic mass is 9.82. The number of benzene rings is 2. The van der Waals surface area contributed by atoms with E-state index in [4.69, 9.17) is 11.5 Å². The number of alkyl halides is 10. The molecule has 0 saturated heterocycles. The molecule has 4 amide bonds. The normalized spacial score (nSPS) is 15.2. The van der Waals surface area contributed by atoms with Crippen molar-refractivity contribution in [2.75, 3.05) is 6.54 Å². The number of hydrogen-bond donors (Lipinski definition) is 7. The van der Waals surface area contributed by atoms with E-state index >= 15 is 8.78 Å². The third-order valence-corrected chi connectivity index (χ3v) is 10.7. The van der Waals surface area contributed by atoms with Crippen LogP contribution in [0.3, 0.4) is 0 Å². The number of allylic oxidation sites excluding steroid dienone is 2. The van der Waals surface area contributed by atoms with Crippen LogP contribution in [-0.2, 0) is 32.1 Å². The van der Waals surface area contributed by atoms with E-state index in [1.807, 2.05) is 16.1 Å². The molecule has 0 saturated carbocycles. The van der Waals surface area contributed by atoms with Gasteiger partial charge in [0.05, 0.1) is 23.0 Å². The molecule has 0 aliphatic rings. The Kier molecular flexibility index (Phi) is 21.3. The minimum atomic E-state index is -5.20. The number of rotatable bonds is 23. The van der Waals surface area contributed by atoms with Crippen molar-refractivity contribution in [2.24, 2.45) is 32.3 Å².